The normalized spacial score (nSPS) is 11.7. The van der Waals surface area contributed by atoms with Gasteiger partial charge in [-0.25, -0.2) is 9.50 Å². The van der Waals surface area contributed by atoms with E-state index in [1.807, 2.05) is 41.8 Å². The number of aromatic nitrogens is 3. The molecule has 0 atom stereocenters. The number of fused-ring (bicyclic) bond motifs is 5. The summed E-state index contributed by atoms with van der Waals surface area (Å²) in [5, 5.41) is 7.57. The second-order valence-corrected chi connectivity index (χ2v) is 5.05. The highest BCUT2D eigenvalue weighted by molar-refractivity contribution is 6.31. The highest BCUT2D eigenvalue weighted by atomic mass is 35.5. The summed E-state index contributed by atoms with van der Waals surface area (Å²) in [5.74, 6) is 0. The molecule has 4 rings (SSSR count). The van der Waals surface area contributed by atoms with E-state index in [1.165, 1.54) is 0 Å². The minimum absolute atomic E-state index is 0.696. The second-order valence-electron chi connectivity index (χ2n) is 4.61. The molecule has 19 heavy (non-hydrogen) atoms. The van der Waals surface area contributed by atoms with Crippen molar-refractivity contribution in [3.8, 4) is 0 Å². The summed E-state index contributed by atoms with van der Waals surface area (Å²) in [4.78, 5) is 4.67. The number of aryl methyl sites for hydroxylation is 1. The Hall–Kier alpha value is -2.13. The zero-order valence-electron chi connectivity index (χ0n) is 10.3. The average molecular weight is 268 g/mol. The maximum absolute atomic E-state index is 6.07. The van der Waals surface area contributed by atoms with Crippen molar-refractivity contribution < 1.29 is 0 Å². The van der Waals surface area contributed by atoms with Crippen LogP contribution in [0.1, 0.15) is 5.69 Å². The van der Waals surface area contributed by atoms with Gasteiger partial charge in [0.05, 0.1) is 16.7 Å². The molecule has 0 aliphatic carbocycles. The minimum atomic E-state index is 0.696. The van der Waals surface area contributed by atoms with Crippen LogP contribution in [0.15, 0.2) is 42.5 Å². The number of rotatable bonds is 0. The van der Waals surface area contributed by atoms with Gasteiger partial charge in [-0.1, -0.05) is 35.9 Å². The molecule has 0 N–H and O–H groups in total. The summed E-state index contributed by atoms with van der Waals surface area (Å²) in [6, 6.07) is 13.9. The first-order chi connectivity index (χ1) is 9.24. The molecule has 2 heterocycles. The van der Waals surface area contributed by atoms with Gasteiger partial charge in [0, 0.05) is 15.8 Å². The average Bonchev–Trinajstić information content (AvgIpc) is 2.78. The largest absolute Gasteiger partial charge is 0.226 e. The monoisotopic (exact) mass is 267 g/mol. The first-order valence-electron chi connectivity index (χ1n) is 6.07. The molecule has 0 spiro atoms. The summed E-state index contributed by atoms with van der Waals surface area (Å²) in [7, 11) is 0. The SMILES string of the molecule is Cc1nn2c3cc(Cl)ccc3nc2c2ccccc12. The van der Waals surface area contributed by atoms with E-state index in [0.717, 1.165) is 33.1 Å². The van der Waals surface area contributed by atoms with Gasteiger partial charge in [0.2, 0.25) is 0 Å². The molecule has 0 amide bonds. The molecule has 0 saturated carbocycles. The molecule has 4 heteroatoms. The summed E-state index contributed by atoms with van der Waals surface area (Å²) < 4.78 is 1.87. The van der Waals surface area contributed by atoms with Crippen molar-refractivity contribution in [2.75, 3.05) is 0 Å². The number of hydrogen-bond donors (Lipinski definition) is 0. The number of imidazole rings is 1. The van der Waals surface area contributed by atoms with Crippen LogP contribution < -0.4 is 0 Å². The van der Waals surface area contributed by atoms with Gasteiger partial charge in [-0.05, 0) is 25.1 Å². The van der Waals surface area contributed by atoms with Crippen LogP contribution in [-0.4, -0.2) is 14.6 Å². The number of halogens is 1. The lowest BCUT2D eigenvalue weighted by Crippen LogP contribution is -1.96. The standard InChI is InChI=1S/C15H10ClN3/c1-9-11-4-2-3-5-12(11)15-17-13-7-6-10(16)8-14(13)19(15)18-9/h2-8H,1H3. The van der Waals surface area contributed by atoms with E-state index >= 15 is 0 Å². The van der Waals surface area contributed by atoms with Crippen molar-refractivity contribution >= 4 is 39.1 Å². The van der Waals surface area contributed by atoms with Gasteiger partial charge >= 0.3 is 0 Å². The van der Waals surface area contributed by atoms with E-state index in [-0.39, 0.29) is 0 Å². The molecule has 3 nitrogen and oxygen atoms in total. The van der Waals surface area contributed by atoms with Crippen molar-refractivity contribution in [1.82, 2.24) is 14.6 Å². The summed E-state index contributed by atoms with van der Waals surface area (Å²) in [5.41, 5.74) is 3.71. The third-order valence-electron chi connectivity index (χ3n) is 3.40. The summed E-state index contributed by atoms with van der Waals surface area (Å²) >= 11 is 6.07. The van der Waals surface area contributed by atoms with Crippen LogP contribution in [0.2, 0.25) is 5.02 Å². The highest BCUT2D eigenvalue weighted by Gasteiger charge is 2.11. The number of hydrogen-bond acceptors (Lipinski definition) is 2. The number of benzene rings is 2. The van der Waals surface area contributed by atoms with Gasteiger partial charge in [-0.2, -0.15) is 5.10 Å². The van der Waals surface area contributed by atoms with Gasteiger partial charge in [0.15, 0.2) is 5.65 Å². The number of nitrogens with zero attached hydrogens (tertiary/aromatic N) is 3. The fourth-order valence-electron chi connectivity index (χ4n) is 2.51. The Bertz CT molecular complexity index is 940. The van der Waals surface area contributed by atoms with Crippen LogP contribution in [-0.2, 0) is 0 Å². The van der Waals surface area contributed by atoms with E-state index in [0.29, 0.717) is 5.02 Å². The molecule has 92 valence electrons. The third kappa shape index (κ3) is 1.45. The van der Waals surface area contributed by atoms with E-state index in [1.54, 1.807) is 0 Å². The zero-order chi connectivity index (χ0) is 13.0. The van der Waals surface area contributed by atoms with Crippen LogP contribution in [0.5, 0.6) is 0 Å². The van der Waals surface area contributed by atoms with Crippen LogP contribution >= 0.6 is 11.6 Å². The van der Waals surface area contributed by atoms with Crippen molar-refractivity contribution in [2.45, 2.75) is 6.92 Å². The lowest BCUT2D eigenvalue weighted by molar-refractivity contribution is 0.942. The molecule has 2 aromatic carbocycles. The maximum Gasteiger partial charge on any atom is 0.162 e. The summed E-state index contributed by atoms with van der Waals surface area (Å²) in [6.07, 6.45) is 0. The van der Waals surface area contributed by atoms with Gasteiger partial charge in [0.25, 0.3) is 0 Å². The lowest BCUT2D eigenvalue weighted by atomic mass is 10.1. The van der Waals surface area contributed by atoms with Crippen LogP contribution in [0.4, 0.5) is 0 Å². The highest BCUT2D eigenvalue weighted by Crippen LogP contribution is 2.26. The van der Waals surface area contributed by atoms with Crippen LogP contribution in [0.3, 0.4) is 0 Å². The fraction of sp³-hybridized carbons (Fsp3) is 0.0667. The van der Waals surface area contributed by atoms with E-state index in [4.69, 9.17) is 11.6 Å². The van der Waals surface area contributed by atoms with Gasteiger partial charge in [0.1, 0.15) is 0 Å². The predicted molar refractivity (Wildman–Crippen MR) is 77.7 cm³/mol. The quantitative estimate of drug-likeness (QED) is 0.482. The van der Waals surface area contributed by atoms with E-state index in [2.05, 4.69) is 22.2 Å². The third-order valence-corrected chi connectivity index (χ3v) is 3.64. The van der Waals surface area contributed by atoms with Gasteiger partial charge in [-0.3, -0.25) is 0 Å². The van der Waals surface area contributed by atoms with Crippen LogP contribution in [0, 0.1) is 6.92 Å². The zero-order valence-corrected chi connectivity index (χ0v) is 11.0. The van der Waals surface area contributed by atoms with E-state index in [9.17, 15) is 0 Å². The molecule has 0 radical (unpaired) electrons. The summed E-state index contributed by atoms with van der Waals surface area (Å²) in [6.45, 7) is 2.01. The molecular weight excluding hydrogens is 258 g/mol. The lowest BCUT2D eigenvalue weighted by Gasteiger charge is -2.03. The molecule has 0 fully saturated rings. The molecule has 0 saturated heterocycles. The van der Waals surface area contributed by atoms with Crippen molar-refractivity contribution in [1.29, 1.82) is 0 Å². The van der Waals surface area contributed by atoms with Gasteiger partial charge in [-0.15, -0.1) is 0 Å². The van der Waals surface area contributed by atoms with Crippen molar-refractivity contribution in [3.05, 3.63) is 53.2 Å². The molecule has 4 aromatic rings. The van der Waals surface area contributed by atoms with Crippen LogP contribution in [0.25, 0.3) is 27.5 Å². The smallest absolute Gasteiger partial charge is 0.162 e. The predicted octanol–water partition coefficient (Wildman–Crippen LogP) is 4.00. The first kappa shape index (κ1) is 10.8. The minimum Gasteiger partial charge on any atom is -0.226 e. The Morgan fingerprint density at radius 1 is 1.05 bits per heavy atom. The molecule has 0 unspecified atom stereocenters. The molecule has 2 aromatic heterocycles. The molecule has 0 aliphatic rings. The second kappa shape index (κ2) is 3.68. The van der Waals surface area contributed by atoms with Crippen molar-refractivity contribution in [3.63, 3.8) is 0 Å². The maximum atomic E-state index is 6.07. The first-order valence-corrected chi connectivity index (χ1v) is 6.45. The molecule has 0 bridgehead atoms. The van der Waals surface area contributed by atoms with Gasteiger partial charge < -0.3 is 0 Å². The fourth-order valence-corrected chi connectivity index (χ4v) is 2.68. The Morgan fingerprint density at radius 3 is 2.68 bits per heavy atom. The molecule has 0 aliphatic heterocycles. The van der Waals surface area contributed by atoms with Crippen molar-refractivity contribution in [2.24, 2.45) is 0 Å². The Morgan fingerprint density at radius 2 is 1.84 bits per heavy atom. The Labute approximate surface area is 114 Å². The Kier molecular flexibility index (Phi) is 2.09. The van der Waals surface area contributed by atoms with E-state index < -0.39 is 0 Å². The molecular formula is C15H10ClN3. The Balaban J connectivity index is 2.32. The topological polar surface area (TPSA) is 30.2 Å².